The van der Waals surface area contributed by atoms with E-state index < -0.39 is 5.82 Å². The van der Waals surface area contributed by atoms with E-state index in [1.807, 2.05) is 30.3 Å². The number of rotatable bonds is 5. The van der Waals surface area contributed by atoms with Crippen LogP contribution in [0.5, 0.6) is 0 Å². The minimum Gasteiger partial charge on any atom is -0.394 e. The Morgan fingerprint density at radius 1 is 1.11 bits per heavy atom. The topological polar surface area (TPSA) is 32.3 Å². The van der Waals surface area contributed by atoms with Crippen molar-refractivity contribution in [3.05, 3.63) is 70.5 Å². The van der Waals surface area contributed by atoms with Crippen LogP contribution in [0.15, 0.2) is 48.5 Å². The Labute approximate surface area is 116 Å². The molecule has 1 unspecified atom stereocenters. The van der Waals surface area contributed by atoms with Crippen molar-refractivity contribution in [3.63, 3.8) is 0 Å². The summed E-state index contributed by atoms with van der Waals surface area (Å²) in [6.45, 7) is 0.263. The van der Waals surface area contributed by atoms with Crippen molar-refractivity contribution in [1.82, 2.24) is 5.32 Å². The van der Waals surface area contributed by atoms with Gasteiger partial charge in [-0.2, -0.15) is 0 Å². The molecule has 0 spiro atoms. The second-order valence-corrected chi connectivity index (χ2v) is 4.65. The number of hydrogen-bond acceptors (Lipinski definition) is 2. The summed E-state index contributed by atoms with van der Waals surface area (Å²) in [5, 5.41) is 12.6. The lowest BCUT2D eigenvalue weighted by molar-refractivity contribution is 0.243. The first kappa shape index (κ1) is 14.0. The first-order chi connectivity index (χ1) is 9.22. The minimum atomic E-state index is -0.415. The van der Waals surface area contributed by atoms with Crippen LogP contribution in [0.2, 0.25) is 5.02 Å². The van der Waals surface area contributed by atoms with E-state index in [1.165, 1.54) is 6.07 Å². The Morgan fingerprint density at radius 2 is 1.84 bits per heavy atom. The van der Waals surface area contributed by atoms with E-state index in [0.29, 0.717) is 12.1 Å². The highest BCUT2D eigenvalue weighted by molar-refractivity contribution is 6.30. The normalized spacial score (nSPS) is 12.4. The molecular weight excluding hydrogens is 265 g/mol. The summed E-state index contributed by atoms with van der Waals surface area (Å²) in [5.41, 5.74) is 1.45. The first-order valence-corrected chi connectivity index (χ1v) is 6.42. The van der Waals surface area contributed by atoms with E-state index in [2.05, 4.69) is 5.32 Å². The zero-order chi connectivity index (χ0) is 13.7. The van der Waals surface area contributed by atoms with Crippen LogP contribution in [-0.4, -0.2) is 11.7 Å². The van der Waals surface area contributed by atoms with Crippen molar-refractivity contribution in [1.29, 1.82) is 0 Å². The smallest absolute Gasteiger partial charge is 0.146 e. The van der Waals surface area contributed by atoms with Gasteiger partial charge >= 0.3 is 0 Å². The third kappa shape index (κ3) is 3.53. The van der Waals surface area contributed by atoms with E-state index >= 15 is 0 Å². The van der Waals surface area contributed by atoms with Crippen LogP contribution in [0.3, 0.4) is 0 Å². The maximum absolute atomic E-state index is 13.7. The van der Waals surface area contributed by atoms with Gasteiger partial charge in [-0.15, -0.1) is 0 Å². The number of nitrogens with one attached hydrogen (secondary N) is 1. The molecule has 0 fully saturated rings. The largest absolute Gasteiger partial charge is 0.394 e. The number of halogens is 2. The van der Waals surface area contributed by atoms with Crippen LogP contribution in [0.25, 0.3) is 0 Å². The van der Waals surface area contributed by atoms with Crippen molar-refractivity contribution in [3.8, 4) is 0 Å². The van der Waals surface area contributed by atoms with E-state index in [4.69, 9.17) is 11.6 Å². The van der Waals surface area contributed by atoms with Gasteiger partial charge in [0.15, 0.2) is 0 Å². The lowest BCUT2D eigenvalue weighted by atomic mass is 10.1. The molecule has 1 atom stereocenters. The molecule has 0 bridgehead atoms. The van der Waals surface area contributed by atoms with E-state index in [1.54, 1.807) is 12.1 Å². The van der Waals surface area contributed by atoms with Gasteiger partial charge in [0.25, 0.3) is 0 Å². The Kier molecular flexibility index (Phi) is 4.91. The first-order valence-electron chi connectivity index (χ1n) is 6.04. The zero-order valence-electron chi connectivity index (χ0n) is 10.3. The van der Waals surface area contributed by atoms with Crippen LogP contribution >= 0.6 is 11.6 Å². The summed E-state index contributed by atoms with van der Waals surface area (Å²) in [6, 6.07) is 14.2. The second kappa shape index (κ2) is 6.66. The summed E-state index contributed by atoms with van der Waals surface area (Å²) in [7, 11) is 0. The molecule has 2 aromatic carbocycles. The van der Waals surface area contributed by atoms with Crippen LogP contribution in [0.1, 0.15) is 17.2 Å². The van der Waals surface area contributed by atoms with Crippen LogP contribution in [-0.2, 0) is 6.54 Å². The predicted molar refractivity (Wildman–Crippen MR) is 74.5 cm³/mol. The fourth-order valence-corrected chi connectivity index (χ4v) is 2.09. The molecule has 0 aliphatic rings. The summed E-state index contributed by atoms with van der Waals surface area (Å²) in [4.78, 5) is 0. The van der Waals surface area contributed by atoms with Gasteiger partial charge in [0.1, 0.15) is 5.82 Å². The predicted octanol–water partition coefficient (Wildman–Crippen LogP) is 3.30. The lowest BCUT2D eigenvalue weighted by Crippen LogP contribution is -2.24. The Bertz CT molecular complexity index is 533. The zero-order valence-corrected chi connectivity index (χ0v) is 11.1. The molecule has 2 rings (SSSR count). The highest BCUT2D eigenvalue weighted by atomic mass is 35.5. The van der Waals surface area contributed by atoms with Crippen molar-refractivity contribution < 1.29 is 9.50 Å². The van der Waals surface area contributed by atoms with Crippen LogP contribution < -0.4 is 5.32 Å². The molecule has 2 nitrogen and oxygen atoms in total. The van der Waals surface area contributed by atoms with Crippen molar-refractivity contribution in [2.75, 3.05) is 6.61 Å². The van der Waals surface area contributed by atoms with Gasteiger partial charge in [0.2, 0.25) is 0 Å². The summed E-state index contributed by atoms with van der Waals surface area (Å²) < 4.78 is 13.7. The Balaban J connectivity index is 2.06. The number of hydrogen-bond donors (Lipinski definition) is 2. The van der Waals surface area contributed by atoms with Gasteiger partial charge in [-0.05, 0) is 11.6 Å². The summed E-state index contributed by atoms with van der Waals surface area (Å²) in [6.07, 6.45) is 0. The lowest BCUT2D eigenvalue weighted by Gasteiger charge is -2.17. The van der Waals surface area contributed by atoms with Gasteiger partial charge in [-0.1, -0.05) is 54.1 Å². The van der Waals surface area contributed by atoms with E-state index in [-0.39, 0.29) is 17.7 Å². The molecule has 0 saturated heterocycles. The maximum atomic E-state index is 13.7. The minimum absolute atomic E-state index is 0.0494. The monoisotopic (exact) mass is 279 g/mol. The standard InChI is InChI=1S/C15H15ClFNO/c16-13-8-4-7-12(15(13)17)9-18-14(10-19)11-5-2-1-3-6-11/h1-8,14,18-19H,9-10H2. The molecule has 2 aromatic rings. The highest BCUT2D eigenvalue weighted by Crippen LogP contribution is 2.19. The average Bonchev–Trinajstić information content (AvgIpc) is 2.45. The summed E-state index contributed by atoms with van der Waals surface area (Å²) in [5.74, 6) is -0.415. The van der Waals surface area contributed by atoms with Gasteiger partial charge in [0, 0.05) is 12.1 Å². The Hall–Kier alpha value is -1.42. The van der Waals surface area contributed by atoms with Crippen LogP contribution in [0, 0.1) is 5.82 Å². The molecule has 2 N–H and O–H groups in total. The van der Waals surface area contributed by atoms with E-state index in [0.717, 1.165) is 5.56 Å². The van der Waals surface area contributed by atoms with Crippen molar-refractivity contribution in [2.45, 2.75) is 12.6 Å². The van der Waals surface area contributed by atoms with Crippen LogP contribution in [0.4, 0.5) is 4.39 Å². The fraction of sp³-hybridized carbons (Fsp3) is 0.200. The van der Waals surface area contributed by atoms with Crippen molar-refractivity contribution >= 4 is 11.6 Å². The van der Waals surface area contributed by atoms with Crippen molar-refractivity contribution in [2.24, 2.45) is 0 Å². The average molecular weight is 280 g/mol. The SMILES string of the molecule is OCC(NCc1cccc(Cl)c1F)c1ccccc1. The molecule has 0 saturated carbocycles. The number of benzene rings is 2. The second-order valence-electron chi connectivity index (χ2n) is 4.24. The molecule has 0 radical (unpaired) electrons. The molecule has 0 heterocycles. The third-order valence-corrected chi connectivity index (χ3v) is 3.25. The molecule has 4 heteroatoms. The third-order valence-electron chi connectivity index (χ3n) is 2.95. The molecule has 0 aliphatic carbocycles. The number of aliphatic hydroxyl groups excluding tert-OH is 1. The fourth-order valence-electron chi connectivity index (χ4n) is 1.89. The molecule has 100 valence electrons. The van der Waals surface area contributed by atoms with Gasteiger partial charge in [-0.25, -0.2) is 4.39 Å². The molecule has 0 amide bonds. The Morgan fingerprint density at radius 3 is 2.53 bits per heavy atom. The van der Waals surface area contributed by atoms with E-state index in [9.17, 15) is 9.50 Å². The molecule has 19 heavy (non-hydrogen) atoms. The van der Waals surface area contributed by atoms with Gasteiger partial charge in [-0.3, -0.25) is 0 Å². The number of aliphatic hydroxyl groups is 1. The highest BCUT2D eigenvalue weighted by Gasteiger charge is 2.11. The molecule has 0 aliphatic heterocycles. The maximum Gasteiger partial charge on any atom is 0.146 e. The quantitative estimate of drug-likeness (QED) is 0.880. The molecular formula is C15H15ClFNO. The molecule has 0 aromatic heterocycles. The summed E-state index contributed by atoms with van der Waals surface area (Å²) >= 11 is 5.73. The van der Waals surface area contributed by atoms with Gasteiger partial charge < -0.3 is 10.4 Å². The van der Waals surface area contributed by atoms with Gasteiger partial charge in [0.05, 0.1) is 17.7 Å².